The number of hydrogen-bond acceptors (Lipinski definition) is 5. The standard InChI is InChI=1S/C27H24Br2N2O4/c28-15-12-17(27(18(29)13-15)35-14-23(34)30-16-6-2-1-3-7-16)24-25-19(8-4-10-21(25)32)31-20-9-5-11-22(33)26(20)24/h1-3,6-7,12-13,24,31H,4-5,8-11,14H2,(H,30,34). The Morgan fingerprint density at radius 2 is 1.57 bits per heavy atom. The molecule has 6 nitrogen and oxygen atoms in total. The van der Waals surface area contributed by atoms with E-state index >= 15 is 0 Å². The van der Waals surface area contributed by atoms with E-state index < -0.39 is 5.92 Å². The molecule has 0 radical (unpaired) electrons. The second kappa shape index (κ2) is 10.1. The Hall–Kier alpha value is -2.71. The molecule has 8 heteroatoms. The van der Waals surface area contributed by atoms with Gasteiger partial charge in [-0.2, -0.15) is 0 Å². The third kappa shape index (κ3) is 4.86. The van der Waals surface area contributed by atoms with Gasteiger partial charge in [0.2, 0.25) is 0 Å². The molecule has 1 aliphatic heterocycles. The van der Waals surface area contributed by atoms with Gasteiger partial charge >= 0.3 is 0 Å². The molecule has 0 fully saturated rings. The summed E-state index contributed by atoms with van der Waals surface area (Å²) < 4.78 is 7.50. The summed E-state index contributed by atoms with van der Waals surface area (Å²) in [4.78, 5) is 39.0. The largest absolute Gasteiger partial charge is 0.482 e. The SMILES string of the molecule is O=C(COc1c(Br)cc(Br)cc1C1C2=C(CCCC2=O)NC2=C1C(=O)CCC2)Nc1ccccc1. The monoisotopic (exact) mass is 598 g/mol. The molecular weight excluding hydrogens is 576 g/mol. The molecule has 3 aliphatic rings. The molecular formula is C27H24Br2N2O4. The van der Waals surface area contributed by atoms with Gasteiger partial charge in [0, 0.05) is 57.0 Å². The molecule has 35 heavy (non-hydrogen) atoms. The number of carbonyl (C=O) groups is 3. The molecule has 0 spiro atoms. The molecule has 0 saturated carbocycles. The Labute approximate surface area is 220 Å². The van der Waals surface area contributed by atoms with Crippen molar-refractivity contribution in [1.29, 1.82) is 0 Å². The van der Waals surface area contributed by atoms with Crippen molar-refractivity contribution in [2.75, 3.05) is 11.9 Å². The summed E-state index contributed by atoms with van der Waals surface area (Å²) in [6.45, 7) is -0.215. The molecule has 0 aromatic heterocycles. The van der Waals surface area contributed by atoms with Crippen LogP contribution in [0.2, 0.25) is 0 Å². The first-order valence-corrected chi connectivity index (χ1v) is 13.3. The number of hydrogen-bond donors (Lipinski definition) is 2. The van der Waals surface area contributed by atoms with E-state index in [1.165, 1.54) is 0 Å². The number of carbonyl (C=O) groups excluding carboxylic acids is 3. The van der Waals surface area contributed by atoms with Gasteiger partial charge < -0.3 is 15.4 Å². The summed E-state index contributed by atoms with van der Waals surface area (Å²) in [5.41, 5.74) is 4.49. The lowest BCUT2D eigenvalue weighted by Gasteiger charge is -2.37. The molecule has 180 valence electrons. The van der Waals surface area contributed by atoms with Crippen molar-refractivity contribution in [2.45, 2.75) is 44.4 Å². The average Bonchev–Trinajstić information content (AvgIpc) is 2.83. The maximum absolute atomic E-state index is 13.2. The molecule has 0 saturated heterocycles. The predicted molar refractivity (Wildman–Crippen MR) is 140 cm³/mol. The van der Waals surface area contributed by atoms with Gasteiger partial charge in [0.25, 0.3) is 5.91 Å². The molecule has 2 aromatic carbocycles. The van der Waals surface area contributed by atoms with Crippen LogP contribution in [0, 0.1) is 0 Å². The van der Waals surface area contributed by atoms with Crippen LogP contribution in [0.4, 0.5) is 5.69 Å². The number of amides is 1. The molecule has 2 aliphatic carbocycles. The Bertz CT molecular complexity index is 1240. The smallest absolute Gasteiger partial charge is 0.262 e. The quantitative estimate of drug-likeness (QED) is 0.445. The zero-order valence-electron chi connectivity index (χ0n) is 19.0. The van der Waals surface area contributed by atoms with Gasteiger partial charge in [-0.15, -0.1) is 0 Å². The molecule has 5 rings (SSSR count). The minimum absolute atomic E-state index is 0.0533. The molecule has 1 heterocycles. The summed E-state index contributed by atoms with van der Waals surface area (Å²) in [6, 6.07) is 12.9. The maximum atomic E-state index is 13.2. The van der Waals surface area contributed by atoms with Crippen molar-refractivity contribution in [1.82, 2.24) is 5.32 Å². The first-order chi connectivity index (χ1) is 16.9. The fourth-order valence-electron chi connectivity index (χ4n) is 5.10. The number of allylic oxidation sites excluding steroid dienone is 4. The van der Waals surface area contributed by atoms with Gasteiger partial charge in [-0.25, -0.2) is 0 Å². The second-order valence-corrected chi connectivity index (χ2v) is 10.7. The number of ether oxygens (including phenoxy) is 1. The van der Waals surface area contributed by atoms with Crippen molar-refractivity contribution < 1.29 is 19.1 Å². The highest BCUT2D eigenvalue weighted by Crippen LogP contribution is 2.49. The first kappa shape index (κ1) is 24.0. The number of dihydropyridines is 1. The lowest BCUT2D eigenvalue weighted by molar-refractivity contribution is -0.119. The van der Waals surface area contributed by atoms with Crippen molar-refractivity contribution in [3.8, 4) is 5.75 Å². The fraction of sp³-hybridized carbons (Fsp3) is 0.296. The summed E-state index contributed by atoms with van der Waals surface area (Å²) in [5.74, 6) is -0.263. The lowest BCUT2D eigenvalue weighted by Crippen LogP contribution is -2.36. The number of anilines is 1. The van der Waals surface area contributed by atoms with Crippen LogP contribution in [0.15, 0.2) is 74.0 Å². The van der Waals surface area contributed by atoms with E-state index in [9.17, 15) is 14.4 Å². The lowest BCUT2D eigenvalue weighted by atomic mass is 9.71. The van der Waals surface area contributed by atoms with Crippen LogP contribution in [0.25, 0.3) is 0 Å². The number of halogens is 2. The third-order valence-corrected chi connectivity index (χ3v) is 7.59. The van der Waals surface area contributed by atoms with Crippen molar-refractivity contribution in [3.63, 3.8) is 0 Å². The highest BCUT2D eigenvalue weighted by Gasteiger charge is 2.41. The van der Waals surface area contributed by atoms with Gasteiger partial charge in [-0.05, 0) is 65.9 Å². The van der Waals surface area contributed by atoms with E-state index in [0.717, 1.165) is 41.6 Å². The number of nitrogens with one attached hydrogen (secondary N) is 2. The van der Waals surface area contributed by atoms with Gasteiger partial charge in [-0.1, -0.05) is 34.1 Å². The highest BCUT2D eigenvalue weighted by atomic mass is 79.9. The molecule has 1 amide bonds. The van der Waals surface area contributed by atoms with Crippen LogP contribution in [0.3, 0.4) is 0 Å². The van der Waals surface area contributed by atoms with E-state index in [0.29, 0.717) is 45.5 Å². The number of benzene rings is 2. The zero-order chi connectivity index (χ0) is 24.5. The van der Waals surface area contributed by atoms with E-state index in [4.69, 9.17) is 4.74 Å². The Morgan fingerprint density at radius 3 is 2.20 bits per heavy atom. The molecule has 0 unspecified atom stereocenters. The topological polar surface area (TPSA) is 84.5 Å². The molecule has 2 N–H and O–H groups in total. The third-order valence-electron chi connectivity index (χ3n) is 6.54. The predicted octanol–water partition coefficient (Wildman–Crippen LogP) is 5.93. The van der Waals surface area contributed by atoms with Gasteiger partial charge in [0.05, 0.1) is 4.47 Å². The van der Waals surface area contributed by atoms with Crippen molar-refractivity contribution >= 4 is 55.0 Å². The molecule has 2 aromatic rings. The highest BCUT2D eigenvalue weighted by molar-refractivity contribution is 9.11. The number of para-hydroxylation sites is 1. The molecule has 0 atom stereocenters. The second-order valence-electron chi connectivity index (χ2n) is 8.90. The minimum Gasteiger partial charge on any atom is -0.482 e. The van der Waals surface area contributed by atoms with E-state index in [-0.39, 0.29) is 24.1 Å². The van der Waals surface area contributed by atoms with Crippen LogP contribution in [0.1, 0.15) is 50.0 Å². The van der Waals surface area contributed by atoms with Crippen LogP contribution in [-0.2, 0) is 14.4 Å². The number of ketones is 2. The summed E-state index contributed by atoms with van der Waals surface area (Å²) >= 11 is 7.15. The van der Waals surface area contributed by atoms with E-state index in [1.807, 2.05) is 30.3 Å². The van der Waals surface area contributed by atoms with E-state index in [1.54, 1.807) is 12.1 Å². The minimum atomic E-state index is -0.525. The van der Waals surface area contributed by atoms with Gasteiger partial charge in [0.1, 0.15) is 5.75 Å². The Morgan fingerprint density at radius 1 is 0.943 bits per heavy atom. The maximum Gasteiger partial charge on any atom is 0.262 e. The van der Waals surface area contributed by atoms with Crippen LogP contribution < -0.4 is 15.4 Å². The van der Waals surface area contributed by atoms with E-state index in [2.05, 4.69) is 42.5 Å². The Kier molecular flexibility index (Phi) is 6.93. The Balaban J connectivity index is 1.54. The number of Topliss-reactive ketones (excluding diaryl/α,β-unsaturated/α-hetero) is 2. The van der Waals surface area contributed by atoms with Crippen molar-refractivity contribution in [3.05, 3.63) is 79.5 Å². The molecule has 0 bridgehead atoms. The number of rotatable bonds is 5. The summed E-state index contributed by atoms with van der Waals surface area (Å²) in [6.07, 6.45) is 4.04. The van der Waals surface area contributed by atoms with Crippen LogP contribution in [0.5, 0.6) is 5.75 Å². The first-order valence-electron chi connectivity index (χ1n) is 11.7. The summed E-state index contributed by atoms with van der Waals surface area (Å²) in [7, 11) is 0. The summed E-state index contributed by atoms with van der Waals surface area (Å²) in [5, 5.41) is 6.25. The average molecular weight is 600 g/mol. The van der Waals surface area contributed by atoms with Gasteiger partial charge in [-0.3, -0.25) is 14.4 Å². The zero-order valence-corrected chi connectivity index (χ0v) is 22.1. The van der Waals surface area contributed by atoms with Crippen molar-refractivity contribution in [2.24, 2.45) is 0 Å². The normalized spacial score (nSPS) is 18.1. The fourth-order valence-corrected chi connectivity index (χ4v) is 6.47. The van der Waals surface area contributed by atoms with Crippen LogP contribution >= 0.6 is 31.9 Å². The van der Waals surface area contributed by atoms with Gasteiger partial charge in [0.15, 0.2) is 18.2 Å². The van der Waals surface area contributed by atoms with Crippen LogP contribution in [-0.4, -0.2) is 24.1 Å².